The second-order valence-corrected chi connectivity index (χ2v) is 4.85. The van der Waals surface area contributed by atoms with Gasteiger partial charge in [0.2, 0.25) is 10.0 Å². The van der Waals surface area contributed by atoms with Gasteiger partial charge < -0.3 is 0 Å². The molecule has 0 heterocycles. The normalized spacial score (nSPS) is 11.3. The lowest BCUT2D eigenvalue weighted by Crippen LogP contribution is -2.21. The number of nitrogens with one attached hydrogen (secondary N) is 1. The maximum absolute atomic E-state index is 10.8. The van der Waals surface area contributed by atoms with Crippen molar-refractivity contribution in [1.82, 2.24) is 4.72 Å². The zero-order chi connectivity index (χ0) is 11.5. The zero-order valence-corrected chi connectivity index (χ0v) is 8.82. The van der Waals surface area contributed by atoms with E-state index in [9.17, 15) is 18.5 Å². The maximum Gasteiger partial charge on any atom is 0.269 e. The predicted octanol–water partition coefficient (Wildman–Crippen LogP) is 0.644. The minimum Gasteiger partial charge on any atom is -0.258 e. The first-order chi connectivity index (χ1) is 6.88. The number of benzene rings is 1. The van der Waals surface area contributed by atoms with Gasteiger partial charge in [-0.05, 0) is 5.56 Å². The SMILES string of the molecule is CS(=O)(=O)NCc1cccc([N+](=O)[O-])c1. The van der Waals surface area contributed by atoms with Crippen molar-refractivity contribution in [2.75, 3.05) is 6.26 Å². The Morgan fingerprint density at radius 3 is 2.67 bits per heavy atom. The monoisotopic (exact) mass is 230 g/mol. The summed E-state index contributed by atoms with van der Waals surface area (Å²) in [5.41, 5.74) is 0.498. The molecule has 0 atom stereocenters. The molecule has 1 rings (SSSR count). The number of nitrogens with zero attached hydrogens (tertiary/aromatic N) is 1. The third-order valence-corrected chi connectivity index (χ3v) is 2.33. The minimum absolute atomic E-state index is 0.0530. The van der Waals surface area contributed by atoms with Crippen LogP contribution in [0, 0.1) is 10.1 Å². The van der Waals surface area contributed by atoms with Gasteiger partial charge in [0.05, 0.1) is 11.2 Å². The summed E-state index contributed by atoms with van der Waals surface area (Å²) in [5.74, 6) is 0. The number of hydrogen-bond acceptors (Lipinski definition) is 4. The molecule has 0 amide bonds. The van der Waals surface area contributed by atoms with Crippen LogP contribution in [0.15, 0.2) is 24.3 Å². The number of nitro groups is 1. The van der Waals surface area contributed by atoms with Gasteiger partial charge in [-0.2, -0.15) is 0 Å². The van der Waals surface area contributed by atoms with Crippen LogP contribution < -0.4 is 4.72 Å². The Morgan fingerprint density at radius 1 is 1.47 bits per heavy atom. The summed E-state index contributed by atoms with van der Waals surface area (Å²) >= 11 is 0. The molecule has 7 heteroatoms. The molecule has 0 radical (unpaired) electrons. The minimum atomic E-state index is -3.28. The third kappa shape index (κ3) is 4.05. The summed E-state index contributed by atoms with van der Waals surface area (Å²) in [7, 11) is -3.28. The summed E-state index contributed by atoms with van der Waals surface area (Å²) in [6, 6.07) is 5.81. The smallest absolute Gasteiger partial charge is 0.258 e. The third-order valence-electron chi connectivity index (χ3n) is 1.66. The Kier molecular flexibility index (Phi) is 3.38. The first-order valence-electron chi connectivity index (χ1n) is 4.06. The molecule has 0 aliphatic rings. The van der Waals surface area contributed by atoms with E-state index in [1.54, 1.807) is 6.07 Å². The zero-order valence-electron chi connectivity index (χ0n) is 8.00. The number of rotatable bonds is 4. The van der Waals surface area contributed by atoms with Crippen molar-refractivity contribution >= 4 is 15.7 Å². The molecule has 0 aliphatic heterocycles. The average Bonchev–Trinajstić information content (AvgIpc) is 2.14. The van der Waals surface area contributed by atoms with Crippen LogP contribution >= 0.6 is 0 Å². The molecule has 82 valence electrons. The summed E-state index contributed by atoms with van der Waals surface area (Å²) in [4.78, 5) is 9.90. The number of hydrogen-bond donors (Lipinski definition) is 1. The molecule has 6 nitrogen and oxygen atoms in total. The van der Waals surface area contributed by atoms with E-state index < -0.39 is 14.9 Å². The predicted molar refractivity (Wildman–Crippen MR) is 54.8 cm³/mol. The largest absolute Gasteiger partial charge is 0.269 e. The van der Waals surface area contributed by atoms with Gasteiger partial charge in [-0.3, -0.25) is 10.1 Å². The summed E-state index contributed by atoms with van der Waals surface area (Å²) in [5, 5.41) is 10.4. The Bertz CT molecular complexity index is 469. The van der Waals surface area contributed by atoms with Crippen molar-refractivity contribution < 1.29 is 13.3 Å². The first kappa shape index (κ1) is 11.6. The summed E-state index contributed by atoms with van der Waals surface area (Å²) < 4.78 is 23.8. The van der Waals surface area contributed by atoms with Gasteiger partial charge in [0.1, 0.15) is 0 Å². The van der Waals surface area contributed by atoms with Crippen molar-refractivity contribution in [3.05, 3.63) is 39.9 Å². The van der Waals surface area contributed by atoms with Crippen molar-refractivity contribution in [3.8, 4) is 0 Å². The van der Waals surface area contributed by atoms with Gasteiger partial charge in [0, 0.05) is 18.7 Å². The molecule has 0 saturated heterocycles. The fourth-order valence-electron chi connectivity index (χ4n) is 0.994. The van der Waals surface area contributed by atoms with Crippen molar-refractivity contribution in [2.45, 2.75) is 6.54 Å². The Balaban J connectivity index is 2.79. The van der Waals surface area contributed by atoms with Gasteiger partial charge in [0.15, 0.2) is 0 Å². The second-order valence-electron chi connectivity index (χ2n) is 3.02. The number of non-ortho nitro benzene ring substituents is 1. The highest BCUT2D eigenvalue weighted by atomic mass is 32.2. The van der Waals surface area contributed by atoms with E-state index in [0.29, 0.717) is 5.56 Å². The molecule has 15 heavy (non-hydrogen) atoms. The fourth-order valence-corrected chi connectivity index (χ4v) is 1.42. The summed E-state index contributed by atoms with van der Waals surface area (Å²) in [6.07, 6.45) is 1.03. The summed E-state index contributed by atoms with van der Waals surface area (Å²) in [6.45, 7) is 0.0561. The Labute approximate surface area is 87.1 Å². The van der Waals surface area contributed by atoms with Gasteiger partial charge in [-0.1, -0.05) is 12.1 Å². The molecule has 1 N–H and O–H groups in total. The number of sulfonamides is 1. The molecule has 0 spiro atoms. The van der Waals surface area contributed by atoms with Crippen LogP contribution in [0.3, 0.4) is 0 Å². The van der Waals surface area contributed by atoms with E-state index in [-0.39, 0.29) is 12.2 Å². The van der Waals surface area contributed by atoms with E-state index in [4.69, 9.17) is 0 Å². The van der Waals surface area contributed by atoms with Crippen LogP contribution in [-0.4, -0.2) is 19.6 Å². The van der Waals surface area contributed by atoms with Gasteiger partial charge >= 0.3 is 0 Å². The van der Waals surface area contributed by atoms with Crippen LogP contribution in [0.1, 0.15) is 5.56 Å². The first-order valence-corrected chi connectivity index (χ1v) is 5.95. The molecule has 0 unspecified atom stereocenters. The molecule has 0 fully saturated rings. The second kappa shape index (κ2) is 4.37. The topological polar surface area (TPSA) is 89.3 Å². The van der Waals surface area contributed by atoms with E-state index in [0.717, 1.165) is 6.26 Å². The average molecular weight is 230 g/mol. The molecule has 1 aromatic carbocycles. The molecule has 0 aromatic heterocycles. The lowest BCUT2D eigenvalue weighted by molar-refractivity contribution is -0.384. The molecular formula is C8H10N2O4S. The van der Waals surface area contributed by atoms with Crippen molar-refractivity contribution in [3.63, 3.8) is 0 Å². The van der Waals surface area contributed by atoms with Crippen LogP contribution in [-0.2, 0) is 16.6 Å². The molecular weight excluding hydrogens is 220 g/mol. The maximum atomic E-state index is 10.8. The fraction of sp³-hybridized carbons (Fsp3) is 0.250. The number of nitro benzene ring substituents is 1. The van der Waals surface area contributed by atoms with E-state index in [1.165, 1.54) is 18.2 Å². The van der Waals surface area contributed by atoms with E-state index in [2.05, 4.69) is 4.72 Å². The van der Waals surface area contributed by atoms with E-state index in [1.807, 2.05) is 0 Å². The van der Waals surface area contributed by atoms with Gasteiger partial charge in [-0.25, -0.2) is 13.1 Å². The Hall–Kier alpha value is -1.47. The highest BCUT2D eigenvalue weighted by molar-refractivity contribution is 7.88. The molecule has 1 aromatic rings. The molecule has 0 bridgehead atoms. The molecule has 0 saturated carbocycles. The van der Waals surface area contributed by atoms with Gasteiger partial charge in [0.25, 0.3) is 5.69 Å². The molecule has 0 aliphatic carbocycles. The van der Waals surface area contributed by atoms with Crippen LogP contribution in [0.2, 0.25) is 0 Å². The lowest BCUT2D eigenvalue weighted by atomic mass is 10.2. The van der Waals surface area contributed by atoms with Crippen molar-refractivity contribution in [1.29, 1.82) is 0 Å². The highest BCUT2D eigenvalue weighted by Gasteiger charge is 2.06. The lowest BCUT2D eigenvalue weighted by Gasteiger charge is -2.01. The van der Waals surface area contributed by atoms with Gasteiger partial charge in [-0.15, -0.1) is 0 Å². The van der Waals surface area contributed by atoms with Crippen LogP contribution in [0.25, 0.3) is 0 Å². The quantitative estimate of drug-likeness (QED) is 0.607. The van der Waals surface area contributed by atoms with Crippen molar-refractivity contribution in [2.24, 2.45) is 0 Å². The van der Waals surface area contributed by atoms with E-state index >= 15 is 0 Å². The Morgan fingerprint density at radius 2 is 2.13 bits per heavy atom. The highest BCUT2D eigenvalue weighted by Crippen LogP contribution is 2.12. The van der Waals surface area contributed by atoms with Crippen LogP contribution in [0.4, 0.5) is 5.69 Å². The standard InChI is InChI=1S/C8H10N2O4S/c1-15(13,14)9-6-7-3-2-4-8(5-7)10(11)12/h2-5,9H,6H2,1H3. The van der Waals surface area contributed by atoms with Crippen LogP contribution in [0.5, 0.6) is 0 Å².